The van der Waals surface area contributed by atoms with Gasteiger partial charge >= 0.3 is 6.18 Å². The van der Waals surface area contributed by atoms with Crippen LogP contribution in [0.4, 0.5) is 13.2 Å². The molecule has 2 rings (SSSR count). The SMILES string of the molecule is O=C(Cc1ccccc1Cl)c1cscc1C(F)(F)F. The molecule has 1 nitrogen and oxygen atoms in total. The third-order valence-corrected chi connectivity index (χ3v) is 3.69. The zero-order chi connectivity index (χ0) is 14.0. The Morgan fingerprint density at radius 1 is 1.21 bits per heavy atom. The minimum absolute atomic E-state index is 0.139. The maximum Gasteiger partial charge on any atom is 0.417 e. The molecule has 1 aromatic carbocycles. The molecule has 100 valence electrons. The molecule has 0 saturated carbocycles. The number of rotatable bonds is 3. The van der Waals surface area contributed by atoms with Gasteiger partial charge in [0.1, 0.15) is 0 Å². The van der Waals surface area contributed by atoms with Gasteiger partial charge in [0.05, 0.1) is 5.56 Å². The van der Waals surface area contributed by atoms with Crippen molar-refractivity contribution in [2.45, 2.75) is 12.6 Å². The largest absolute Gasteiger partial charge is 0.417 e. The monoisotopic (exact) mass is 304 g/mol. The number of alkyl halides is 3. The first-order valence-electron chi connectivity index (χ1n) is 5.29. The molecule has 0 spiro atoms. The predicted octanol–water partition coefficient (Wildman–Crippen LogP) is 4.85. The van der Waals surface area contributed by atoms with Crippen molar-refractivity contribution in [1.82, 2.24) is 0 Å². The summed E-state index contributed by atoms with van der Waals surface area (Å²) in [6.45, 7) is 0. The fraction of sp³-hybridized carbons (Fsp3) is 0.154. The van der Waals surface area contributed by atoms with Gasteiger partial charge in [-0.05, 0) is 11.6 Å². The van der Waals surface area contributed by atoms with Crippen molar-refractivity contribution in [3.63, 3.8) is 0 Å². The van der Waals surface area contributed by atoms with Crippen LogP contribution in [0.25, 0.3) is 0 Å². The van der Waals surface area contributed by atoms with Crippen molar-refractivity contribution in [1.29, 1.82) is 0 Å². The van der Waals surface area contributed by atoms with Gasteiger partial charge in [-0.1, -0.05) is 29.8 Å². The van der Waals surface area contributed by atoms with E-state index in [1.807, 2.05) is 0 Å². The van der Waals surface area contributed by atoms with Gasteiger partial charge in [0, 0.05) is 27.8 Å². The van der Waals surface area contributed by atoms with E-state index < -0.39 is 17.5 Å². The maximum atomic E-state index is 12.7. The summed E-state index contributed by atoms with van der Waals surface area (Å²) in [4.78, 5) is 11.9. The summed E-state index contributed by atoms with van der Waals surface area (Å²) in [7, 11) is 0. The Hall–Kier alpha value is -1.33. The van der Waals surface area contributed by atoms with Gasteiger partial charge in [-0.2, -0.15) is 24.5 Å². The normalized spacial score (nSPS) is 11.6. The fourth-order valence-electron chi connectivity index (χ4n) is 1.64. The quantitative estimate of drug-likeness (QED) is 0.741. The Morgan fingerprint density at radius 2 is 1.89 bits per heavy atom. The van der Waals surface area contributed by atoms with Crippen molar-refractivity contribution < 1.29 is 18.0 Å². The van der Waals surface area contributed by atoms with Gasteiger partial charge in [-0.25, -0.2) is 0 Å². The Labute approximate surface area is 116 Å². The van der Waals surface area contributed by atoms with Crippen LogP contribution in [-0.4, -0.2) is 5.78 Å². The first kappa shape index (κ1) is 14.1. The average Bonchev–Trinajstić information content (AvgIpc) is 2.81. The molecule has 1 heterocycles. The van der Waals surface area contributed by atoms with Crippen LogP contribution in [0, 0.1) is 0 Å². The lowest BCUT2D eigenvalue weighted by Crippen LogP contribution is -2.12. The molecule has 0 fully saturated rings. The van der Waals surface area contributed by atoms with Crippen molar-refractivity contribution in [2.24, 2.45) is 0 Å². The second-order valence-electron chi connectivity index (χ2n) is 3.89. The number of carbonyl (C=O) groups is 1. The maximum absolute atomic E-state index is 12.7. The number of Topliss-reactive ketones (excluding diaryl/α,β-unsaturated/α-hetero) is 1. The Balaban J connectivity index is 2.27. The lowest BCUT2D eigenvalue weighted by Gasteiger charge is -2.08. The zero-order valence-electron chi connectivity index (χ0n) is 9.50. The fourth-order valence-corrected chi connectivity index (χ4v) is 2.70. The van der Waals surface area contributed by atoms with Crippen LogP contribution in [0.15, 0.2) is 35.0 Å². The minimum atomic E-state index is -4.51. The average molecular weight is 305 g/mol. The number of carbonyl (C=O) groups excluding carboxylic acids is 1. The van der Waals surface area contributed by atoms with E-state index in [0.29, 0.717) is 10.6 Å². The molecule has 19 heavy (non-hydrogen) atoms. The second kappa shape index (κ2) is 5.35. The third kappa shape index (κ3) is 3.16. The van der Waals surface area contributed by atoms with E-state index in [-0.39, 0.29) is 12.0 Å². The van der Waals surface area contributed by atoms with Crippen LogP contribution < -0.4 is 0 Å². The van der Waals surface area contributed by atoms with Crippen LogP contribution in [0.5, 0.6) is 0 Å². The van der Waals surface area contributed by atoms with Gasteiger partial charge < -0.3 is 0 Å². The summed E-state index contributed by atoms with van der Waals surface area (Å²) in [6, 6.07) is 6.61. The van der Waals surface area contributed by atoms with Gasteiger partial charge in [-0.15, -0.1) is 0 Å². The van der Waals surface area contributed by atoms with E-state index in [1.54, 1.807) is 24.3 Å². The predicted molar refractivity (Wildman–Crippen MR) is 68.8 cm³/mol. The van der Waals surface area contributed by atoms with Gasteiger partial charge in [0.15, 0.2) is 5.78 Å². The van der Waals surface area contributed by atoms with Crippen molar-refractivity contribution in [3.8, 4) is 0 Å². The summed E-state index contributed by atoms with van der Waals surface area (Å²) < 4.78 is 38.1. The molecule has 0 aliphatic heterocycles. The molecule has 0 atom stereocenters. The van der Waals surface area contributed by atoms with Gasteiger partial charge in [-0.3, -0.25) is 4.79 Å². The van der Waals surface area contributed by atoms with Crippen LogP contribution in [0.3, 0.4) is 0 Å². The summed E-state index contributed by atoms with van der Waals surface area (Å²) in [5.74, 6) is -0.582. The Bertz CT molecular complexity index is 604. The number of hydrogen-bond acceptors (Lipinski definition) is 2. The number of ketones is 1. The highest BCUT2D eigenvalue weighted by atomic mass is 35.5. The number of halogens is 4. The van der Waals surface area contributed by atoms with E-state index in [0.717, 1.165) is 16.7 Å². The van der Waals surface area contributed by atoms with E-state index in [4.69, 9.17) is 11.6 Å². The standard InChI is InChI=1S/C13H8ClF3OS/c14-11-4-2-1-3-8(11)5-12(18)9-6-19-7-10(9)13(15,16)17/h1-4,6-7H,5H2. The molecular formula is C13H8ClF3OS. The van der Waals surface area contributed by atoms with E-state index >= 15 is 0 Å². The molecular weight excluding hydrogens is 297 g/mol. The molecule has 0 radical (unpaired) electrons. The molecule has 0 amide bonds. The van der Waals surface area contributed by atoms with E-state index in [2.05, 4.69) is 0 Å². The van der Waals surface area contributed by atoms with Crippen LogP contribution >= 0.6 is 22.9 Å². The van der Waals surface area contributed by atoms with Crippen LogP contribution in [0.2, 0.25) is 5.02 Å². The Morgan fingerprint density at radius 3 is 2.53 bits per heavy atom. The van der Waals surface area contributed by atoms with Crippen LogP contribution in [0.1, 0.15) is 21.5 Å². The lowest BCUT2D eigenvalue weighted by molar-refractivity contribution is -0.137. The number of benzene rings is 1. The molecule has 0 bridgehead atoms. The molecule has 2 aromatic rings. The zero-order valence-corrected chi connectivity index (χ0v) is 11.1. The van der Waals surface area contributed by atoms with Gasteiger partial charge in [0.2, 0.25) is 0 Å². The summed E-state index contributed by atoms with van der Waals surface area (Å²) in [5, 5.41) is 2.54. The number of hydrogen-bond donors (Lipinski definition) is 0. The van der Waals surface area contributed by atoms with Crippen molar-refractivity contribution in [2.75, 3.05) is 0 Å². The first-order valence-corrected chi connectivity index (χ1v) is 6.61. The number of thiophene rings is 1. The first-order chi connectivity index (χ1) is 8.89. The summed E-state index contributed by atoms with van der Waals surface area (Å²) >= 11 is 6.75. The minimum Gasteiger partial charge on any atom is -0.294 e. The van der Waals surface area contributed by atoms with E-state index in [9.17, 15) is 18.0 Å². The highest BCUT2D eigenvalue weighted by Gasteiger charge is 2.35. The highest BCUT2D eigenvalue weighted by molar-refractivity contribution is 7.08. The molecule has 0 aliphatic carbocycles. The van der Waals surface area contributed by atoms with E-state index in [1.165, 1.54) is 5.38 Å². The summed E-state index contributed by atoms with van der Waals surface area (Å²) in [5.41, 5.74) is -0.652. The highest BCUT2D eigenvalue weighted by Crippen LogP contribution is 2.35. The topological polar surface area (TPSA) is 17.1 Å². The van der Waals surface area contributed by atoms with Gasteiger partial charge in [0.25, 0.3) is 0 Å². The van der Waals surface area contributed by atoms with Crippen molar-refractivity contribution in [3.05, 3.63) is 56.7 Å². The molecule has 0 saturated heterocycles. The Kier molecular flexibility index (Phi) is 3.96. The summed E-state index contributed by atoms with van der Waals surface area (Å²) in [6.07, 6.45) is -4.65. The van der Waals surface area contributed by atoms with Crippen LogP contribution in [-0.2, 0) is 12.6 Å². The lowest BCUT2D eigenvalue weighted by atomic mass is 10.0. The molecule has 1 aromatic heterocycles. The smallest absolute Gasteiger partial charge is 0.294 e. The molecule has 6 heteroatoms. The molecule has 0 aliphatic rings. The third-order valence-electron chi connectivity index (χ3n) is 2.58. The molecule has 0 unspecified atom stereocenters. The second-order valence-corrected chi connectivity index (χ2v) is 5.04. The molecule has 0 N–H and O–H groups in total. The van der Waals surface area contributed by atoms with Crippen molar-refractivity contribution >= 4 is 28.7 Å².